The minimum absolute atomic E-state index is 0.0417. The van der Waals surface area contributed by atoms with Gasteiger partial charge in [0.15, 0.2) is 11.5 Å². The first-order valence-electron chi connectivity index (χ1n) is 3.43. The maximum Gasteiger partial charge on any atom is 0.281 e. The van der Waals surface area contributed by atoms with Crippen molar-refractivity contribution in [3.05, 3.63) is 12.4 Å². The summed E-state index contributed by atoms with van der Waals surface area (Å²) in [6, 6.07) is 0. The van der Waals surface area contributed by atoms with Crippen LogP contribution in [-0.4, -0.2) is 20.1 Å². The van der Waals surface area contributed by atoms with Crippen molar-refractivity contribution in [2.24, 2.45) is 0 Å². The molecule has 0 amide bonds. The van der Waals surface area contributed by atoms with Crippen molar-refractivity contribution < 1.29 is 4.52 Å². The van der Waals surface area contributed by atoms with Crippen molar-refractivity contribution in [1.29, 1.82) is 0 Å². The van der Waals surface area contributed by atoms with E-state index in [1.165, 1.54) is 12.4 Å². The maximum absolute atomic E-state index is 5.52. The lowest BCUT2D eigenvalue weighted by Gasteiger charge is -1.95. The van der Waals surface area contributed by atoms with E-state index >= 15 is 0 Å². The Morgan fingerprint density at radius 1 is 1.15 bits per heavy atom. The Hall–Kier alpha value is -2.18. The molecular weight excluding hydrogens is 172 g/mol. The van der Waals surface area contributed by atoms with E-state index < -0.39 is 0 Å². The second-order valence-electron chi connectivity index (χ2n) is 2.25. The molecule has 66 valence electrons. The van der Waals surface area contributed by atoms with E-state index in [2.05, 4.69) is 20.1 Å². The van der Waals surface area contributed by atoms with E-state index in [1.54, 1.807) is 0 Å². The summed E-state index contributed by atoms with van der Waals surface area (Å²) in [5.74, 6) is 0.439. The fourth-order valence-electron chi connectivity index (χ4n) is 0.845. The molecule has 13 heavy (non-hydrogen) atoms. The van der Waals surface area contributed by atoms with Gasteiger partial charge in [0, 0.05) is 12.4 Å². The van der Waals surface area contributed by atoms with Gasteiger partial charge in [-0.05, 0) is 5.16 Å². The molecule has 0 bridgehead atoms. The number of nitrogens with two attached hydrogens (primary N) is 2. The smallest absolute Gasteiger partial charge is 0.281 e. The third kappa shape index (κ3) is 1.26. The number of nitrogen functional groups attached to an aromatic ring is 2. The van der Waals surface area contributed by atoms with E-state index in [0.29, 0.717) is 5.69 Å². The lowest BCUT2D eigenvalue weighted by molar-refractivity contribution is 0.432. The van der Waals surface area contributed by atoms with Crippen molar-refractivity contribution >= 4 is 11.8 Å². The van der Waals surface area contributed by atoms with Crippen molar-refractivity contribution in [1.82, 2.24) is 20.1 Å². The normalized spacial score (nSPS) is 10.2. The molecule has 2 rings (SSSR count). The fourth-order valence-corrected chi connectivity index (χ4v) is 0.845. The molecule has 7 heteroatoms. The van der Waals surface area contributed by atoms with Gasteiger partial charge in [0.1, 0.15) is 0 Å². The molecule has 4 N–H and O–H groups in total. The van der Waals surface area contributed by atoms with Crippen LogP contribution in [0, 0.1) is 0 Å². The van der Waals surface area contributed by atoms with E-state index in [4.69, 9.17) is 16.0 Å². The van der Waals surface area contributed by atoms with Gasteiger partial charge in [-0.1, -0.05) is 0 Å². The van der Waals surface area contributed by atoms with Gasteiger partial charge in [-0.3, -0.25) is 0 Å². The van der Waals surface area contributed by atoms with Crippen molar-refractivity contribution in [3.63, 3.8) is 0 Å². The molecule has 0 aliphatic rings. The van der Waals surface area contributed by atoms with Crippen LogP contribution in [-0.2, 0) is 0 Å². The van der Waals surface area contributed by atoms with Gasteiger partial charge >= 0.3 is 0 Å². The van der Waals surface area contributed by atoms with E-state index in [1.807, 2.05) is 0 Å². The second-order valence-corrected chi connectivity index (χ2v) is 2.25. The first kappa shape index (κ1) is 7.47. The summed E-state index contributed by atoms with van der Waals surface area (Å²) in [4.78, 5) is 11.5. The van der Waals surface area contributed by atoms with Crippen LogP contribution in [0.2, 0.25) is 0 Å². The zero-order chi connectivity index (χ0) is 9.26. The third-order valence-corrected chi connectivity index (χ3v) is 1.37. The first-order chi connectivity index (χ1) is 6.27. The molecule has 0 fully saturated rings. The van der Waals surface area contributed by atoms with Crippen LogP contribution in [0.5, 0.6) is 0 Å². The molecule has 7 nitrogen and oxygen atoms in total. The Labute approximate surface area is 72.8 Å². The highest BCUT2D eigenvalue weighted by atomic mass is 16.5. The fraction of sp³-hybridized carbons (Fsp3) is 0. The second kappa shape index (κ2) is 2.70. The predicted octanol–water partition coefficient (Wildman–Crippen LogP) is -0.309. The molecule has 0 aliphatic carbocycles. The van der Waals surface area contributed by atoms with E-state index in [-0.39, 0.29) is 17.7 Å². The summed E-state index contributed by atoms with van der Waals surface area (Å²) >= 11 is 0. The quantitative estimate of drug-likeness (QED) is 0.615. The molecule has 2 aromatic rings. The van der Waals surface area contributed by atoms with Gasteiger partial charge in [-0.25, -0.2) is 9.97 Å². The number of aromatic nitrogens is 4. The van der Waals surface area contributed by atoms with E-state index in [0.717, 1.165) is 0 Å². The summed E-state index contributed by atoms with van der Waals surface area (Å²) < 4.78 is 4.76. The third-order valence-electron chi connectivity index (χ3n) is 1.37. The summed E-state index contributed by atoms with van der Waals surface area (Å²) in [5, 5.41) is 3.40. The minimum atomic E-state index is 0.0417. The Bertz CT molecular complexity index is 425. The summed E-state index contributed by atoms with van der Waals surface area (Å²) in [6.45, 7) is 0. The minimum Gasteiger partial charge on any atom is -0.382 e. The standard InChI is InChI=1S/C6H6N6O/c7-4-3(9-1-2-10-4)5-11-6(8)12-13-5/h1-2H,(H2,7,10)(H2,8,12). The van der Waals surface area contributed by atoms with Gasteiger partial charge in [0.05, 0.1) is 0 Å². The molecular formula is C6H6N6O. The molecule has 0 unspecified atom stereocenters. The van der Waals surface area contributed by atoms with Crippen LogP contribution in [0.25, 0.3) is 11.6 Å². The molecule has 2 aromatic heterocycles. The van der Waals surface area contributed by atoms with Gasteiger partial charge in [-0.2, -0.15) is 4.98 Å². The zero-order valence-corrected chi connectivity index (χ0v) is 6.51. The summed E-state index contributed by atoms with van der Waals surface area (Å²) in [7, 11) is 0. The first-order valence-corrected chi connectivity index (χ1v) is 3.43. The van der Waals surface area contributed by atoms with Crippen LogP contribution in [0.4, 0.5) is 11.8 Å². The van der Waals surface area contributed by atoms with Crippen LogP contribution < -0.4 is 11.5 Å². The van der Waals surface area contributed by atoms with Gasteiger partial charge in [0.25, 0.3) is 11.8 Å². The predicted molar refractivity (Wildman–Crippen MR) is 44.1 cm³/mol. The van der Waals surface area contributed by atoms with Crippen molar-refractivity contribution in [2.75, 3.05) is 11.5 Å². The Kier molecular flexibility index (Phi) is 1.55. The van der Waals surface area contributed by atoms with Crippen LogP contribution in [0.15, 0.2) is 16.9 Å². The number of rotatable bonds is 1. The summed E-state index contributed by atoms with van der Waals surface area (Å²) in [6.07, 6.45) is 2.95. The molecule has 0 atom stereocenters. The molecule has 0 saturated heterocycles. The number of hydrogen-bond donors (Lipinski definition) is 2. The zero-order valence-electron chi connectivity index (χ0n) is 6.51. The Balaban J connectivity index is 2.52. The van der Waals surface area contributed by atoms with Gasteiger partial charge < -0.3 is 16.0 Å². The number of hydrogen-bond acceptors (Lipinski definition) is 7. The highest BCUT2D eigenvalue weighted by Gasteiger charge is 2.11. The average Bonchev–Trinajstić information content (AvgIpc) is 2.53. The van der Waals surface area contributed by atoms with Gasteiger partial charge in [-0.15, -0.1) is 0 Å². The topological polar surface area (TPSA) is 117 Å². The Morgan fingerprint density at radius 3 is 2.54 bits per heavy atom. The van der Waals surface area contributed by atoms with Crippen LogP contribution >= 0.6 is 0 Å². The van der Waals surface area contributed by atoms with Crippen molar-refractivity contribution in [3.8, 4) is 11.6 Å². The number of nitrogens with zero attached hydrogens (tertiary/aromatic N) is 4. The largest absolute Gasteiger partial charge is 0.382 e. The lowest BCUT2D eigenvalue weighted by Crippen LogP contribution is -1.96. The molecule has 0 saturated carbocycles. The molecule has 2 heterocycles. The molecule has 0 aromatic carbocycles. The van der Waals surface area contributed by atoms with E-state index in [9.17, 15) is 0 Å². The highest BCUT2D eigenvalue weighted by Crippen LogP contribution is 2.18. The SMILES string of the molecule is Nc1noc(-c2nccnc2N)n1. The van der Waals surface area contributed by atoms with Crippen LogP contribution in [0.3, 0.4) is 0 Å². The molecule has 0 radical (unpaired) electrons. The van der Waals surface area contributed by atoms with Gasteiger partial charge in [0.2, 0.25) is 0 Å². The average molecular weight is 178 g/mol. The number of anilines is 2. The van der Waals surface area contributed by atoms with Crippen molar-refractivity contribution in [2.45, 2.75) is 0 Å². The lowest BCUT2D eigenvalue weighted by atomic mass is 10.4. The van der Waals surface area contributed by atoms with Crippen LogP contribution in [0.1, 0.15) is 0 Å². The molecule has 0 spiro atoms. The Morgan fingerprint density at radius 2 is 1.92 bits per heavy atom. The summed E-state index contributed by atoms with van der Waals surface area (Å²) in [5.41, 5.74) is 11.1. The highest BCUT2D eigenvalue weighted by molar-refractivity contribution is 5.61. The molecule has 0 aliphatic heterocycles. The maximum atomic E-state index is 5.52. The monoisotopic (exact) mass is 178 g/mol.